The van der Waals surface area contributed by atoms with Crippen molar-refractivity contribution in [3.8, 4) is 17.2 Å². The van der Waals surface area contributed by atoms with Crippen LogP contribution in [0.3, 0.4) is 0 Å². The van der Waals surface area contributed by atoms with Crippen molar-refractivity contribution in [2.24, 2.45) is 5.73 Å². The van der Waals surface area contributed by atoms with Crippen LogP contribution in [0.15, 0.2) is 0 Å². The number of hydrogen-bond donors (Lipinski definition) is 2. The van der Waals surface area contributed by atoms with E-state index in [4.69, 9.17) is 15.2 Å². The average molecular weight is 263 g/mol. The van der Waals surface area contributed by atoms with Gasteiger partial charge in [-0.05, 0) is 45.1 Å². The highest BCUT2D eigenvalue weighted by atomic mass is 16.5. The summed E-state index contributed by atoms with van der Waals surface area (Å²) < 4.78 is 11.5. The Balaban J connectivity index is 2.13. The molecule has 0 fully saturated rings. The molecule has 4 nitrogen and oxygen atoms in total. The summed E-state index contributed by atoms with van der Waals surface area (Å²) >= 11 is 0. The third-order valence-corrected chi connectivity index (χ3v) is 3.95. The molecular formula is C15H21NO3. The summed E-state index contributed by atoms with van der Waals surface area (Å²) in [5.74, 6) is 1.91. The first-order valence-electron chi connectivity index (χ1n) is 7.18. The molecule has 104 valence electrons. The van der Waals surface area contributed by atoms with E-state index in [2.05, 4.69) is 0 Å². The molecule has 1 aromatic carbocycles. The van der Waals surface area contributed by atoms with Gasteiger partial charge in [-0.1, -0.05) is 0 Å². The van der Waals surface area contributed by atoms with E-state index >= 15 is 0 Å². The molecule has 2 heterocycles. The fourth-order valence-corrected chi connectivity index (χ4v) is 3.06. The van der Waals surface area contributed by atoms with Crippen LogP contribution in [0.5, 0.6) is 17.2 Å². The van der Waals surface area contributed by atoms with Crippen LogP contribution in [0, 0.1) is 0 Å². The Hall–Kier alpha value is -1.42. The number of hydrogen-bond acceptors (Lipinski definition) is 4. The first-order valence-corrected chi connectivity index (χ1v) is 7.18. The Kier molecular flexibility index (Phi) is 3.51. The van der Waals surface area contributed by atoms with Crippen molar-refractivity contribution in [3.05, 3.63) is 16.7 Å². The molecule has 0 saturated heterocycles. The Morgan fingerprint density at radius 1 is 1.00 bits per heavy atom. The van der Waals surface area contributed by atoms with Crippen LogP contribution in [0.4, 0.5) is 0 Å². The zero-order chi connectivity index (χ0) is 13.2. The van der Waals surface area contributed by atoms with Crippen molar-refractivity contribution in [1.82, 2.24) is 0 Å². The number of nitrogens with two attached hydrogens (primary N) is 1. The number of ether oxygens (including phenoxy) is 2. The maximum Gasteiger partial charge on any atom is 0.164 e. The van der Waals surface area contributed by atoms with Crippen molar-refractivity contribution in [3.63, 3.8) is 0 Å². The van der Waals surface area contributed by atoms with Gasteiger partial charge in [0.1, 0.15) is 5.75 Å². The van der Waals surface area contributed by atoms with Crippen LogP contribution < -0.4 is 15.2 Å². The molecule has 4 heteroatoms. The molecule has 0 radical (unpaired) electrons. The summed E-state index contributed by atoms with van der Waals surface area (Å²) in [7, 11) is 0. The molecule has 0 amide bonds. The Labute approximate surface area is 113 Å². The predicted molar refractivity (Wildman–Crippen MR) is 73.1 cm³/mol. The molecule has 2 aliphatic rings. The molecule has 0 atom stereocenters. The van der Waals surface area contributed by atoms with Crippen LogP contribution in [-0.4, -0.2) is 24.9 Å². The zero-order valence-corrected chi connectivity index (χ0v) is 11.2. The molecule has 2 aliphatic heterocycles. The van der Waals surface area contributed by atoms with Gasteiger partial charge in [0.05, 0.1) is 13.2 Å². The zero-order valence-electron chi connectivity index (χ0n) is 11.2. The second-order valence-electron chi connectivity index (χ2n) is 5.24. The molecule has 1 aromatic rings. The lowest BCUT2D eigenvalue weighted by Gasteiger charge is -2.28. The minimum atomic E-state index is 0.306. The topological polar surface area (TPSA) is 64.7 Å². The van der Waals surface area contributed by atoms with Gasteiger partial charge in [0.2, 0.25) is 0 Å². The van der Waals surface area contributed by atoms with Crippen LogP contribution in [0.1, 0.15) is 36.0 Å². The SMILES string of the molecule is NCCCc1c2c(c(O)c3c1OCCC3)OCCC2. The number of phenols is 1. The lowest BCUT2D eigenvalue weighted by Crippen LogP contribution is -2.17. The number of rotatable bonds is 3. The fourth-order valence-electron chi connectivity index (χ4n) is 3.06. The molecular weight excluding hydrogens is 242 g/mol. The van der Waals surface area contributed by atoms with E-state index < -0.39 is 0 Å². The molecule has 0 spiro atoms. The summed E-state index contributed by atoms with van der Waals surface area (Å²) in [4.78, 5) is 0. The van der Waals surface area contributed by atoms with Gasteiger partial charge >= 0.3 is 0 Å². The summed E-state index contributed by atoms with van der Waals surface area (Å²) in [6, 6.07) is 0. The maximum atomic E-state index is 10.4. The predicted octanol–water partition coefficient (Wildman–Crippen LogP) is 1.93. The highest BCUT2D eigenvalue weighted by molar-refractivity contribution is 5.63. The summed E-state index contributed by atoms with van der Waals surface area (Å²) in [5.41, 5.74) is 8.92. The van der Waals surface area contributed by atoms with Crippen LogP contribution in [0.2, 0.25) is 0 Å². The molecule has 3 N–H and O–H groups in total. The lowest BCUT2D eigenvalue weighted by atomic mass is 9.90. The molecule has 0 bridgehead atoms. The van der Waals surface area contributed by atoms with Crippen molar-refractivity contribution in [1.29, 1.82) is 0 Å². The van der Waals surface area contributed by atoms with Crippen molar-refractivity contribution >= 4 is 0 Å². The van der Waals surface area contributed by atoms with Crippen LogP contribution >= 0.6 is 0 Å². The average Bonchev–Trinajstić information content (AvgIpc) is 2.47. The second-order valence-corrected chi connectivity index (χ2v) is 5.24. The first-order chi connectivity index (χ1) is 9.33. The van der Waals surface area contributed by atoms with Gasteiger partial charge < -0.3 is 20.3 Å². The first kappa shape index (κ1) is 12.6. The fraction of sp³-hybridized carbons (Fsp3) is 0.600. The van der Waals surface area contributed by atoms with E-state index in [-0.39, 0.29) is 0 Å². The number of aromatic hydroxyl groups is 1. The van der Waals surface area contributed by atoms with Gasteiger partial charge in [-0.2, -0.15) is 0 Å². The van der Waals surface area contributed by atoms with E-state index in [1.54, 1.807) is 0 Å². The summed E-state index contributed by atoms with van der Waals surface area (Å²) in [6.07, 6.45) is 5.63. The third kappa shape index (κ3) is 2.14. The quantitative estimate of drug-likeness (QED) is 0.874. The van der Waals surface area contributed by atoms with E-state index in [0.29, 0.717) is 24.7 Å². The van der Waals surface area contributed by atoms with Gasteiger partial charge in [-0.15, -0.1) is 0 Å². The smallest absolute Gasteiger partial charge is 0.164 e. The lowest BCUT2D eigenvalue weighted by molar-refractivity contribution is 0.253. The number of benzene rings is 1. The highest BCUT2D eigenvalue weighted by Crippen LogP contribution is 2.47. The minimum Gasteiger partial charge on any atom is -0.504 e. The molecule has 0 aromatic heterocycles. The molecule has 19 heavy (non-hydrogen) atoms. The van der Waals surface area contributed by atoms with E-state index in [1.165, 1.54) is 5.56 Å². The standard InChI is InChI=1S/C15H21NO3/c16-7-1-4-10-11-5-2-9-19-15(11)13(17)12-6-3-8-18-14(10)12/h17H,1-9,16H2. The van der Waals surface area contributed by atoms with Crippen molar-refractivity contribution in [2.75, 3.05) is 19.8 Å². The Morgan fingerprint density at radius 3 is 2.42 bits per heavy atom. The van der Waals surface area contributed by atoms with Gasteiger partial charge in [0, 0.05) is 16.7 Å². The number of phenolic OH excluding ortho intramolecular Hbond substituents is 1. The minimum absolute atomic E-state index is 0.306. The van der Waals surface area contributed by atoms with Gasteiger partial charge in [-0.25, -0.2) is 0 Å². The van der Waals surface area contributed by atoms with Gasteiger partial charge in [0.25, 0.3) is 0 Å². The van der Waals surface area contributed by atoms with Crippen molar-refractivity contribution < 1.29 is 14.6 Å². The highest BCUT2D eigenvalue weighted by Gasteiger charge is 2.28. The van der Waals surface area contributed by atoms with Crippen LogP contribution in [-0.2, 0) is 19.3 Å². The van der Waals surface area contributed by atoms with E-state index in [1.807, 2.05) is 0 Å². The maximum absolute atomic E-state index is 10.4. The van der Waals surface area contributed by atoms with E-state index in [9.17, 15) is 5.11 Å². The summed E-state index contributed by atoms with van der Waals surface area (Å²) in [6.45, 7) is 2.10. The largest absolute Gasteiger partial charge is 0.504 e. The second kappa shape index (κ2) is 5.29. The van der Waals surface area contributed by atoms with Gasteiger partial charge in [-0.3, -0.25) is 0 Å². The monoisotopic (exact) mass is 263 g/mol. The Bertz CT molecular complexity index is 448. The number of fused-ring (bicyclic) bond motifs is 2. The van der Waals surface area contributed by atoms with Crippen LogP contribution in [0.25, 0.3) is 0 Å². The third-order valence-electron chi connectivity index (χ3n) is 3.95. The molecule has 0 saturated carbocycles. The van der Waals surface area contributed by atoms with Crippen molar-refractivity contribution in [2.45, 2.75) is 38.5 Å². The molecule has 0 unspecified atom stereocenters. The van der Waals surface area contributed by atoms with Gasteiger partial charge in [0.15, 0.2) is 11.5 Å². The molecule has 3 rings (SSSR count). The van der Waals surface area contributed by atoms with E-state index in [0.717, 1.165) is 62.0 Å². The molecule has 0 aliphatic carbocycles. The summed E-state index contributed by atoms with van der Waals surface area (Å²) in [5, 5.41) is 10.4. The Morgan fingerprint density at radius 2 is 1.68 bits per heavy atom. The normalized spacial score (nSPS) is 17.1.